The predicted molar refractivity (Wildman–Crippen MR) is 116 cm³/mol. The van der Waals surface area contributed by atoms with E-state index in [4.69, 9.17) is 11.6 Å². The highest BCUT2D eigenvalue weighted by Crippen LogP contribution is 2.25. The number of nitrogens with zero attached hydrogens (tertiary/aromatic N) is 3. The number of nitrogens with one attached hydrogen (secondary N) is 4. The van der Waals surface area contributed by atoms with E-state index < -0.39 is 11.9 Å². The summed E-state index contributed by atoms with van der Waals surface area (Å²) in [5, 5.41) is 11.7. The van der Waals surface area contributed by atoms with Gasteiger partial charge in [-0.1, -0.05) is 11.6 Å². The number of hydrogen-bond donors (Lipinski definition) is 4. The van der Waals surface area contributed by atoms with Crippen LogP contribution in [0.25, 0.3) is 0 Å². The molecule has 1 aromatic carbocycles. The van der Waals surface area contributed by atoms with Crippen LogP contribution in [0.3, 0.4) is 0 Å². The number of aromatic nitrogens is 3. The number of carbonyl (C=O) groups excluding carboxylic acids is 2. The molecule has 0 aliphatic rings. The van der Waals surface area contributed by atoms with Gasteiger partial charge in [0.25, 0.3) is 5.91 Å². The Morgan fingerprint density at radius 3 is 2.33 bits per heavy atom. The lowest BCUT2D eigenvalue weighted by Gasteiger charge is -2.14. The Kier molecular flexibility index (Phi) is 6.76. The molecular formula is C20H20ClN7O2. The molecule has 0 aliphatic heterocycles. The van der Waals surface area contributed by atoms with E-state index in [0.29, 0.717) is 34.5 Å². The highest BCUT2D eigenvalue weighted by Gasteiger charge is 2.15. The summed E-state index contributed by atoms with van der Waals surface area (Å²) >= 11 is 5.94. The van der Waals surface area contributed by atoms with Crippen LogP contribution < -0.4 is 21.3 Å². The Balaban J connectivity index is 1.89. The Bertz CT molecular complexity index is 1040. The standard InChI is InChI=1S/C20H20ClN7O2/c1-3-22-20(30)28-18-8-17(26-14-6-4-13(21)5-7-14)16(11-25-18)19(29)27-15-9-23-12(2)24-10-15/h4-11H,3H2,1-2H3,(H,27,29)(H3,22,25,26,28,30). The van der Waals surface area contributed by atoms with Gasteiger partial charge in [0, 0.05) is 29.5 Å². The van der Waals surface area contributed by atoms with E-state index in [1.807, 2.05) is 6.92 Å². The average Bonchev–Trinajstić information content (AvgIpc) is 2.72. The number of benzene rings is 1. The van der Waals surface area contributed by atoms with Crippen molar-refractivity contribution in [2.24, 2.45) is 0 Å². The molecule has 2 aromatic heterocycles. The molecule has 0 spiro atoms. The van der Waals surface area contributed by atoms with E-state index in [9.17, 15) is 9.59 Å². The lowest BCUT2D eigenvalue weighted by Crippen LogP contribution is -2.28. The fourth-order valence-electron chi connectivity index (χ4n) is 2.47. The molecule has 154 valence electrons. The maximum Gasteiger partial charge on any atom is 0.320 e. The van der Waals surface area contributed by atoms with Crippen molar-refractivity contribution in [2.75, 3.05) is 22.5 Å². The highest BCUT2D eigenvalue weighted by atomic mass is 35.5. The molecule has 2 heterocycles. The Labute approximate surface area is 178 Å². The van der Waals surface area contributed by atoms with Crippen molar-refractivity contribution in [1.82, 2.24) is 20.3 Å². The molecule has 0 saturated carbocycles. The van der Waals surface area contributed by atoms with Gasteiger partial charge < -0.3 is 16.0 Å². The topological polar surface area (TPSA) is 121 Å². The first-order valence-corrected chi connectivity index (χ1v) is 9.50. The smallest absolute Gasteiger partial charge is 0.320 e. The number of anilines is 4. The lowest BCUT2D eigenvalue weighted by molar-refractivity contribution is 0.102. The zero-order valence-electron chi connectivity index (χ0n) is 16.4. The molecule has 0 fully saturated rings. The molecule has 0 atom stereocenters. The molecule has 3 amide bonds. The molecule has 0 radical (unpaired) electrons. The minimum Gasteiger partial charge on any atom is -0.355 e. The number of halogens is 1. The Morgan fingerprint density at radius 1 is 0.967 bits per heavy atom. The van der Waals surface area contributed by atoms with Crippen molar-refractivity contribution < 1.29 is 9.59 Å². The molecule has 0 aliphatic carbocycles. The molecule has 3 aromatic rings. The summed E-state index contributed by atoms with van der Waals surface area (Å²) < 4.78 is 0. The van der Waals surface area contributed by atoms with Crippen LogP contribution in [0.15, 0.2) is 48.9 Å². The van der Waals surface area contributed by atoms with Gasteiger partial charge in [-0.2, -0.15) is 0 Å². The fraction of sp³-hybridized carbons (Fsp3) is 0.150. The van der Waals surface area contributed by atoms with E-state index >= 15 is 0 Å². The van der Waals surface area contributed by atoms with Gasteiger partial charge in [0.15, 0.2) is 0 Å². The predicted octanol–water partition coefficient (Wildman–Crippen LogP) is 3.97. The number of aryl methyl sites for hydroxylation is 1. The average molecular weight is 426 g/mol. The van der Waals surface area contributed by atoms with Crippen LogP contribution in [0.5, 0.6) is 0 Å². The van der Waals surface area contributed by atoms with Crippen LogP contribution in [-0.4, -0.2) is 33.4 Å². The lowest BCUT2D eigenvalue weighted by atomic mass is 10.2. The molecule has 4 N–H and O–H groups in total. The van der Waals surface area contributed by atoms with Crippen LogP contribution >= 0.6 is 11.6 Å². The summed E-state index contributed by atoms with van der Waals surface area (Å²) in [5.41, 5.74) is 1.88. The van der Waals surface area contributed by atoms with E-state index in [1.165, 1.54) is 18.6 Å². The summed E-state index contributed by atoms with van der Waals surface area (Å²) in [4.78, 5) is 36.9. The van der Waals surface area contributed by atoms with Crippen molar-refractivity contribution >= 4 is 46.4 Å². The van der Waals surface area contributed by atoms with Crippen molar-refractivity contribution in [2.45, 2.75) is 13.8 Å². The molecule has 0 unspecified atom stereocenters. The minimum atomic E-state index is -0.407. The van der Waals surface area contributed by atoms with Gasteiger partial charge >= 0.3 is 6.03 Å². The third-order valence-electron chi connectivity index (χ3n) is 3.89. The number of pyridine rings is 1. The molecule has 0 saturated heterocycles. The van der Waals surface area contributed by atoms with Crippen LogP contribution in [0.4, 0.5) is 27.7 Å². The summed E-state index contributed by atoms with van der Waals surface area (Å²) in [6, 6.07) is 8.18. The van der Waals surface area contributed by atoms with Gasteiger partial charge in [0.2, 0.25) is 0 Å². The number of carbonyl (C=O) groups is 2. The maximum absolute atomic E-state index is 12.8. The summed E-state index contributed by atoms with van der Waals surface area (Å²) in [6.07, 6.45) is 4.42. The van der Waals surface area contributed by atoms with E-state index in [1.54, 1.807) is 37.3 Å². The zero-order chi connectivity index (χ0) is 21.5. The fourth-order valence-corrected chi connectivity index (χ4v) is 2.60. The van der Waals surface area contributed by atoms with Gasteiger partial charge in [0.1, 0.15) is 11.6 Å². The van der Waals surface area contributed by atoms with Crippen LogP contribution in [-0.2, 0) is 0 Å². The minimum absolute atomic E-state index is 0.270. The van der Waals surface area contributed by atoms with E-state index in [2.05, 4.69) is 36.2 Å². The molecule has 30 heavy (non-hydrogen) atoms. The second-order valence-corrected chi connectivity index (χ2v) is 6.64. The van der Waals surface area contributed by atoms with Crippen molar-refractivity contribution in [3.8, 4) is 0 Å². The van der Waals surface area contributed by atoms with Gasteiger partial charge in [-0.25, -0.2) is 19.7 Å². The van der Waals surface area contributed by atoms with E-state index in [0.717, 1.165) is 0 Å². The van der Waals surface area contributed by atoms with Crippen LogP contribution in [0.2, 0.25) is 5.02 Å². The number of rotatable bonds is 6. The second kappa shape index (κ2) is 9.66. The maximum atomic E-state index is 12.8. The molecule has 3 rings (SSSR count). The van der Waals surface area contributed by atoms with Gasteiger partial charge in [0.05, 0.1) is 29.3 Å². The van der Waals surface area contributed by atoms with Gasteiger partial charge in [-0.05, 0) is 38.1 Å². The second-order valence-electron chi connectivity index (χ2n) is 6.20. The Hall–Kier alpha value is -3.72. The third kappa shape index (κ3) is 5.65. The van der Waals surface area contributed by atoms with Crippen molar-refractivity contribution in [3.05, 3.63) is 65.3 Å². The summed E-state index contributed by atoms with van der Waals surface area (Å²) in [7, 11) is 0. The largest absolute Gasteiger partial charge is 0.355 e. The third-order valence-corrected chi connectivity index (χ3v) is 4.14. The highest BCUT2D eigenvalue weighted by molar-refractivity contribution is 6.30. The quantitative estimate of drug-likeness (QED) is 0.474. The van der Waals surface area contributed by atoms with Gasteiger partial charge in [-0.15, -0.1) is 0 Å². The first kappa shape index (κ1) is 21.0. The SMILES string of the molecule is CCNC(=O)Nc1cc(Nc2ccc(Cl)cc2)c(C(=O)Nc2cnc(C)nc2)cn1. The first-order chi connectivity index (χ1) is 14.4. The van der Waals surface area contributed by atoms with Crippen molar-refractivity contribution in [3.63, 3.8) is 0 Å². The monoisotopic (exact) mass is 425 g/mol. The summed E-state index contributed by atoms with van der Waals surface area (Å²) in [5.74, 6) is 0.476. The molecule has 0 bridgehead atoms. The van der Waals surface area contributed by atoms with Crippen LogP contribution in [0.1, 0.15) is 23.1 Å². The molecule has 9 nitrogen and oxygen atoms in total. The number of amides is 3. The summed E-state index contributed by atoms with van der Waals surface area (Å²) in [6.45, 7) is 4.04. The normalized spacial score (nSPS) is 10.2. The number of urea groups is 1. The Morgan fingerprint density at radius 2 is 1.67 bits per heavy atom. The van der Waals surface area contributed by atoms with Crippen molar-refractivity contribution in [1.29, 1.82) is 0 Å². The van der Waals surface area contributed by atoms with E-state index in [-0.39, 0.29) is 11.4 Å². The van der Waals surface area contributed by atoms with Crippen LogP contribution in [0, 0.1) is 6.92 Å². The zero-order valence-corrected chi connectivity index (χ0v) is 17.1. The van der Waals surface area contributed by atoms with Gasteiger partial charge in [-0.3, -0.25) is 10.1 Å². The molecule has 10 heteroatoms. The molecular weight excluding hydrogens is 406 g/mol. The first-order valence-electron chi connectivity index (χ1n) is 9.12. The number of hydrogen-bond acceptors (Lipinski definition) is 6.